The Bertz CT molecular complexity index is 348. The second-order valence-corrected chi connectivity index (χ2v) is 8.26. The van der Waals surface area contributed by atoms with Crippen LogP contribution in [0.1, 0.15) is 66.2 Å². The van der Waals surface area contributed by atoms with E-state index in [0.29, 0.717) is 29.7 Å². The molecule has 2 rings (SSSR count). The third-order valence-electron chi connectivity index (χ3n) is 5.63. The van der Waals surface area contributed by atoms with Crippen LogP contribution in [0.15, 0.2) is 0 Å². The normalized spacial score (nSPS) is 31.8. The van der Waals surface area contributed by atoms with Gasteiger partial charge in [-0.2, -0.15) is 0 Å². The maximum absolute atomic E-state index is 12.6. The Labute approximate surface area is 130 Å². The van der Waals surface area contributed by atoms with Gasteiger partial charge in [0.05, 0.1) is 0 Å². The maximum atomic E-state index is 12.6. The molecule has 0 radical (unpaired) electrons. The number of amides is 1. The molecular formula is C18H34N2O. The van der Waals surface area contributed by atoms with Crippen LogP contribution in [0.4, 0.5) is 0 Å². The zero-order valence-electron chi connectivity index (χ0n) is 14.5. The molecule has 2 heterocycles. The van der Waals surface area contributed by atoms with Crippen molar-refractivity contribution >= 4 is 5.91 Å². The molecule has 2 saturated heterocycles. The molecule has 0 saturated carbocycles. The van der Waals surface area contributed by atoms with E-state index in [1.807, 2.05) is 0 Å². The van der Waals surface area contributed by atoms with E-state index in [2.05, 4.69) is 37.9 Å². The molecule has 21 heavy (non-hydrogen) atoms. The molecule has 1 amide bonds. The van der Waals surface area contributed by atoms with Gasteiger partial charge in [0.25, 0.3) is 0 Å². The first kappa shape index (κ1) is 16.8. The molecule has 0 aromatic carbocycles. The van der Waals surface area contributed by atoms with Crippen molar-refractivity contribution in [1.82, 2.24) is 10.2 Å². The van der Waals surface area contributed by atoms with Crippen LogP contribution < -0.4 is 5.32 Å². The second kappa shape index (κ2) is 7.13. The topological polar surface area (TPSA) is 32.3 Å². The van der Waals surface area contributed by atoms with E-state index in [-0.39, 0.29) is 0 Å². The first-order valence-corrected chi connectivity index (χ1v) is 8.89. The van der Waals surface area contributed by atoms with Crippen LogP contribution in [0.2, 0.25) is 0 Å². The van der Waals surface area contributed by atoms with E-state index < -0.39 is 0 Å². The molecule has 2 fully saturated rings. The highest BCUT2D eigenvalue weighted by Crippen LogP contribution is 2.34. The van der Waals surface area contributed by atoms with Gasteiger partial charge in [0.1, 0.15) is 0 Å². The van der Waals surface area contributed by atoms with Crippen molar-refractivity contribution in [2.24, 2.45) is 17.3 Å². The van der Waals surface area contributed by atoms with E-state index in [1.54, 1.807) is 0 Å². The summed E-state index contributed by atoms with van der Waals surface area (Å²) >= 11 is 0. The third kappa shape index (κ3) is 4.70. The van der Waals surface area contributed by atoms with Gasteiger partial charge >= 0.3 is 0 Å². The molecule has 0 aliphatic carbocycles. The van der Waals surface area contributed by atoms with E-state index in [1.165, 1.54) is 32.1 Å². The Hall–Kier alpha value is -0.570. The molecule has 0 spiro atoms. The number of hydrogen-bond donors (Lipinski definition) is 1. The lowest BCUT2D eigenvalue weighted by atomic mass is 9.77. The fraction of sp³-hybridized carbons (Fsp3) is 0.944. The highest BCUT2D eigenvalue weighted by molar-refractivity contribution is 5.76. The van der Waals surface area contributed by atoms with Crippen LogP contribution in [-0.4, -0.2) is 36.5 Å². The first-order chi connectivity index (χ1) is 9.88. The Kier molecular flexibility index (Phi) is 5.70. The number of piperidine rings is 1. The maximum Gasteiger partial charge on any atom is 0.224 e. The Morgan fingerprint density at radius 1 is 1.14 bits per heavy atom. The smallest absolute Gasteiger partial charge is 0.224 e. The summed E-state index contributed by atoms with van der Waals surface area (Å²) in [6, 6.07) is 0.396. The zero-order chi connectivity index (χ0) is 15.5. The number of carbonyl (C=O) groups is 1. The highest BCUT2D eigenvalue weighted by Gasteiger charge is 2.30. The van der Waals surface area contributed by atoms with Crippen molar-refractivity contribution in [3.63, 3.8) is 0 Å². The van der Waals surface area contributed by atoms with Crippen molar-refractivity contribution in [3.8, 4) is 0 Å². The number of nitrogens with zero attached hydrogens (tertiary/aromatic N) is 1. The molecule has 2 aliphatic heterocycles. The predicted molar refractivity (Wildman–Crippen MR) is 88.2 cm³/mol. The lowest BCUT2D eigenvalue weighted by Crippen LogP contribution is -2.44. The van der Waals surface area contributed by atoms with Gasteiger partial charge < -0.3 is 10.2 Å². The van der Waals surface area contributed by atoms with Gasteiger partial charge in [-0.3, -0.25) is 4.79 Å². The Morgan fingerprint density at radius 2 is 1.90 bits per heavy atom. The standard InChI is InChI=1S/C18H34N2O/c1-14-7-5-10-19-16(14)13-17(21)20-11-6-8-15(9-12-20)18(2,3)4/h14-16,19H,5-13H2,1-4H3. The van der Waals surface area contributed by atoms with E-state index in [4.69, 9.17) is 0 Å². The first-order valence-electron chi connectivity index (χ1n) is 8.89. The van der Waals surface area contributed by atoms with Gasteiger partial charge in [-0.1, -0.05) is 27.7 Å². The SMILES string of the molecule is CC1CCCNC1CC(=O)N1CCCC(C(C)(C)C)CC1. The molecule has 3 nitrogen and oxygen atoms in total. The molecule has 1 N–H and O–H groups in total. The van der Waals surface area contributed by atoms with Gasteiger partial charge in [-0.25, -0.2) is 0 Å². The summed E-state index contributed by atoms with van der Waals surface area (Å²) < 4.78 is 0. The van der Waals surface area contributed by atoms with Crippen molar-refractivity contribution in [3.05, 3.63) is 0 Å². The van der Waals surface area contributed by atoms with E-state index in [9.17, 15) is 4.79 Å². The number of likely N-dealkylation sites (tertiary alicyclic amines) is 1. The van der Waals surface area contributed by atoms with Crippen LogP contribution in [0.25, 0.3) is 0 Å². The molecule has 3 heteroatoms. The number of hydrogen-bond acceptors (Lipinski definition) is 2. The van der Waals surface area contributed by atoms with Gasteiger partial charge in [0, 0.05) is 25.6 Å². The summed E-state index contributed by atoms with van der Waals surface area (Å²) in [5.74, 6) is 1.76. The lowest BCUT2D eigenvalue weighted by molar-refractivity contribution is -0.132. The minimum absolute atomic E-state index is 0.371. The second-order valence-electron chi connectivity index (χ2n) is 8.26. The average Bonchev–Trinajstić information content (AvgIpc) is 2.66. The van der Waals surface area contributed by atoms with Gasteiger partial charge in [-0.05, 0) is 55.9 Å². The van der Waals surface area contributed by atoms with Gasteiger partial charge in [-0.15, -0.1) is 0 Å². The molecule has 0 aromatic heterocycles. The Morgan fingerprint density at radius 3 is 2.57 bits per heavy atom. The average molecular weight is 294 g/mol. The van der Waals surface area contributed by atoms with Crippen LogP contribution in [0, 0.1) is 17.3 Å². The number of nitrogens with one attached hydrogen (secondary N) is 1. The molecular weight excluding hydrogens is 260 g/mol. The summed E-state index contributed by atoms with van der Waals surface area (Å²) in [7, 11) is 0. The van der Waals surface area contributed by atoms with E-state index >= 15 is 0 Å². The van der Waals surface area contributed by atoms with Crippen molar-refractivity contribution in [2.75, 3.05) is 19.6 Å². The number of carbonyl (C=O) groups excluding carboxylic acids is 1. The molecule has 2 aliphatic rings. The minimum atomic E-state index is 0.371. The third-order valence-corrected chi connectivity index (χ3v) is 5.63. The lowest BCUT2D eigenvalue weighted by Gasteiger charge is -2.32. The van der Waals surface area contributed by atoms with Crippen LogP contribution >= 0.6 is 0 Å². The van der Waals surface area contributed by atoms with Crippen molar-refractivity contribution < 1.29 is 4.79 Å². The Balaban J connectivity index is 1.85. The molecule has 122 valence electrons. The summed E-state index contributed by atoms with van der Waals surface area (Å²) in [6.07, 6.45) is 6.82. The van der Waals surface area contributed by atoms with Gasteiger partial charge in [0.2, 0.25) is 5.91 Å². The summed E-state index contributed by atoms with van der Waals surface area (Å²) in [6.45, 7) is 12.3. The molecule has 3 unspecified atom stereocenters. The molecule has 0 aromatic rings. The zero-order valence-corrected chi connectivity index (χ0v) is 14.5. The monoisotopic (exact) mass is 294 g/mol. The minimum Gasteiger partial charge on any atom is -0.343 e. The highest BCUT2D eigenvalue weighted by atomic mass is 16.2. The van der Waals surface area contributed by atoms with Crippen LogP contribution in [0.3, 0.4) is 0 Å². The fourth-order valence-electron chi connectivity index (χ4n) is 3.92. The van der Waals surface area contributed by atoms with Crippen LogP contribution in [-0.2, 0) is 4.79 Å². The number of rotatable bonds is 2. The van der Waals surface area contributed by atoms with Crippen molar-refractivity contribution in [2.45, 2.75) is 72.3 Å². The van der Waals surface area contributed by atoms with E-state index in [0.717, 1.165) is 25.6 Å². The summed E-state index contributed by atoms with van der Waals surface area (Å²) in [5, 5.41) is 3.54. The molecule has 0 bridgehead atoms. The van der Waals surface area contributed by atoms with Crippen LogP contribution in [0.5, 0.6) is 0 Å². The van der Waals surface area contributed by atoms with Crippen molar-refractivity contribution in [1.29, 1.82) is 0 Å². The predicted octanol–water partition coefficient (Wildman–Crippen LogP) is 3.44. The summed E-state index contributed by atoms with van der Waals surface area (Å²) in [5.41, 5.74) is 0.374. The fourth-order valence-corrected chi connectivity index (χ4v) is 3.92. The largest absolute Gasteiger partial charge is 0.343 e. The van der Waals surface area contributed by atoms with Gasteiger partial charge in [0.15, 0.2) is 0 Å². The molecule has 3 atom stereocenters. The quantitative estimate of drug-likeness (QED) is 0.846. The summed E-state index contributed by atoms with van der Waals surface area (Å²) in [4.78, 5) is 14.7.